The molecule has 0 atom stereocenters. The number of nitrogens with zero attached hydrogens (tertiary/aromatic N) is 2. The van der Waals surface area contributed by atoms with Gasteiger partial charge in [-0.2, -0.15) is 0 Å². The summed E-state index contributed by atoms with van der Waals surface area (Å²) in [5.74, 6) is 0.494. The number of sulfone groups is 1. The van der Waals surface area contributed by atoms with E-state index in [9.17, 15) is 13.2 Å². The first-order valence-corrected chi connectivity index (χ1v) is 8.43. The maximum absolute atomic E-state index is 12.3. The lowest BCUT2D eigenvalue weighted by atomic mass is 10.3. The topological polar surface area (TPSA) is 79.4 Å². The highest BCUT2D eigenvalue weighted by Gasteiger charge is 2.26. The number of aromatic nitrogens is 1. The molecular weight excluding hydrogens is 278 g/mol. The van der Waals surface area contributed by atoms with Crippen LogP contribution in [0.1, 0.15) is 24.3 Å². The number of amides is 1. The average molecular weight is 297 g/mol. The van der Waals surface area contributed by atoms with E-state index in [0.29, 0.717) is 11.5 Å². The summed E-state index contributed by atoms with van der Waals surface area (Å²) in [6, 6.07) is 5.45. The number of nitrogens with one attached hydrogen (secondary N) is 1. The molecule has 1 aliphatic rings. The Morgan fingerprint density at radius 2 is 1.95 bits per heavy atom. The molecule has 2 heterocycles. The van der Waals surface area contributed by atoms with Gasteiger partial charge in [-0.25, -0.2) is 13.4 Å². The lowest BCUT2D eigenvalue weighted by Crippen LogP contribution is -2.44. The molecule has 1 N–H and O–H groups in total. The highest BCUT2D eigenvalue weighted by molar-refractivity contribution is 7.91. The third kappa shape index (κ3) is 3.69. The van der Waals surface area contributed by atoms with Gasteiger partial charge in [-0.1, -0.05) is 6.07 Å². The third-order valence-corrected chi connectivity index (χ3v) is 4.65. The van der Waals surface area contributed by atoms with E-state index in [4.69, 9.17) is 0 Å². The molecule has 6 nitrogen and oxygen atoms in total. The van der Waals surface area contributed by atoms with Crippen molar-refractivity contribution in [3.05, 3.63) is 23.9 Å². The molecule has 2 rings (SSSR count). The summed E-state index contributed by atoms with van der Waals surface area (Å²) >= 11 is 0. The maximum Gasteiger partial charge on any atom is 0.272 e. The van der Waals surface area contributed by atoms with Crippen molar-refractivity contribution in [2.75, 3.05) is 29.9 Å². The Labute approximate surface area is 119 Å². The number of carbonyl (C=O) groups excluding carboxylic acids is 1. The highest BCUT2D eigenvalue weighted by Crippen LogP contribution is 2.11. The number of carbonyl (C=O) groups is 1. The van der Waals surface area contributed by atoms with Gasteiger partial charge in [-0.15, -0.1) is 0 Å². The molecule has 0 bridgehead atoms. The van der Waals surface area contributed by atoms with Crippen LogP contribution < -0.4 is 5.32 Å². The molecule has 0 spiro atoms. The monoisotopic (exact) mass is 297 g/mol. The second kappa shape index (κ2) is 5.78. The van der Waals surface area contributed by atoms with Crippen molar-refractivity contribution in [1.82, 2.24) is 9.88 Å². The number of anilines is 1. The van der Waals surface area contributed by atoms with Gasteiger partial charge in [-0.05, 0) is 26.0 Å². The first kappa shape index (κ1) is 14.8. The molecule has 1 aromatic rings. The molecule has 0 aromatic carbocycles. The van der Waals surface area contributed by atoms with Crippen LogP contribution in [-0.4, -0.2) is 54.8 Å². The predicted molar refractivity (Wildman–Crippen MR) is 77.6 cm³/mol. The number of hydrogen-bond acceptors (Lipinski definition) is 5. The van der Waals surface area contributed by atoms with Crippen LogP contribution >= 0.6 is 0 Å². The van der Waals surface area contributed by atoms with E-state index in [1.165, 1.54) is 0 Å². The summed E-state index contributed by atoms with van der Waals surface area (Å²) in [7, 11) is -2.98. The van der Waals surface area contributed by atoms with E-state index in [-0.39, 0.29) is 36.5 Å². The van der Waals surface area contributed by atoms with Crippen molar-refractivity contribution < 1.29 is 13.2 Å². The highest BCUT2D eigenvalue weighted by atomic mass is 32.2. The van der Waals surface area contributed by atoms with Gasteiger partial charge in [0.1, 0.15) is 11.5 Å². The molecule has 20 heavy (non-hydrogen) atoms. The molecule has 1 aromatic heterocycles. The zero-order valence-corrected chi connectivity index (χ0v) is 12.5. The van der Waals surface area contributed by atoms with E-state index >= 15 is 0 Å². The van der Waals surface area contributed by atoms with E-state index in [1.807, 2.05) is 13.8 Å². The second-order valence-corrected chi connectivity index (χ2v) is 7.45. The molecule has 0 aliphatic carbocycles. The fourth-order valence-corrected chi connectivity index (χ4v) is 3.21. The van der Waals surface area contributed by atoms with Crippen LogP contribution in [-0.2, 0) is 9.84 Å². The number of hydrogen-bond donors (Lipinski definition) is 1. The predicted octanol–water partition coefficient (Wildman–Crippen LogP) is 0.772. The molecule has 0 radical (unpaired) electrons. The lowest BCUT2D eigenvalue weighted by molar-refractivity contribution is 0.0764. The minimum absolute atomic E-state index is 0.0304. The van der Waals surface area contributed by atoms with Gasteiger partial charge < -0.3 is 10.2 Å². The van der Waals surface area contributed by atoms with Crippen LogP contribution in [0.25, 0.3) is 0 Å². The molecule has 110 valence electrons. The fraction of sp³-hybridized carbons (Fsp3) is 0.538. The molecule has 7 heteroatoms. The minimum Gasteiger partial charge on any atom is -0.368 e. The first-order valence-electron chi connectivity index (χ1n) is 6.61. The van der Waals surface area contributed by atoms with Crippen LogP contribution in [0.3, 0.4) is 0 Å². The van der Waals surface area contributed by atoms with E-state index < -0.39 is 9.84 Å². The molecule has 1 saturated heterocycles. The van der Waals surface area contributed by atoms with Crippen molar-refractivity contribution in [2.24, 2.45) is 0 Å². The average Bonchev–Trinajstić information content (AvgIpc) is 2.37. The van der Waals surface area contributed by atoms with Gasteiger partial charge in [0.25, 0.3) is 5.91 Å². The molecular formula is C13H19N3O3S. The summed E-state index contributed by atoms with van der Waals surface area (Å²) < 4.78 is 22.7. The van der Waals surface area contributed by atoms with E-state index in [2.05, 4.69) is 10.3 Å². The van der Waals surface area contributed by atoms with Crippen LogP contribution in [0.5, 0.6) is 0 Å². The Hall–Kier alpha value is -1.63. The Bertz CT molecular complexity index is 585. The van der Waals surface area contributed by atoms with Crippen molar-refractivity contribution in [1.29, 1.82) is 0 Å². The Morgan fingerprint density at radius 3 is 2.55 bits per heavy atom. The summed E-state index contributed by atoms with van der Waals surface area (Å²) in [6.45, 7) is 4.46. The van der Waals surface area contributed by atoms with Crippen molar-refractivity contribution in [3.8, 4) is 0 Å². The summed E-state index contributed by atoms with van der Waals surface area (Å²) in [6.07, 6.45) is 0. The SMILES string of the molecule is CC(C)Nc1cccc(C(=O)N2CCS(=O)(=O)CC2)n1. The minimum atomic E-state index is -2.98. The first-order chi connectivity index (χ1) is 9.37. The second-order valence-electron chi connectivity index (χ2n) is 5.15. The van der Waals surface area contributed by atoms with Crippen molar-refractivity contribution in [2.45, 2.75) is 19.9 Å². The molecule has 1 fully saturated rings. The van der Waals surface area contributed by atoms with Crippen LogP contribution in [0.2, 0.25) is 0 Å². The quantitative estimate of drug-likeness (QED) is 0.891. The van der Waals surface area contributed by atoms with Gasteiger partial charge in [0.15, 0.2) is 9.84 Å². The molecule has 1 amide bonds. The largest absolute Gasteiger partial charge is 0.368 e. The van der Waals surface area contributed by atoms with Gasteiger partial charge in [0.2, 0.25) is 0 Å². The van der Waals surface area contributed by atoms with Gasteiger partial charge >= 0.3 is 0 Å². The normalized spacial score (nSPS) is 18.1. The van der Waals surface area contributed by atoms with Crippen LogP contribution in [0.15, 0.2) is 18.2 Å². The Kier molecular flexibility index (Phi) is 4.27. The van der Waals surface area contributed by atoms with Crippen molar-refractivity contribution >= 4 is 21.6 Å². The Balaban J connectivity index is 2.09. The van der Waals surface area contributed by atoms with E-state index in [1.54, 1.807) is 23.1 Å². The van der Waals surface area contributed by atoms with Gasteiger partial charge in [0, 0.05) is 19.1 Å². The molecule has 0 saturated carbocycles. The van der Waals surface area contributed by atoms with E-state index in [0.717, 1.165) is 0 Å². The summed E-state index contributed by atoms with van der Waals surface area (Å²) in [5, 5.41) is 3.14. The smallest absolute Gasteiger partial charge is 0.272 e. The Morgan fingerprint density at radius 1 is 1.30 bits per heavy atom. The third-order valence-electron chi connectivity index (χ3n) is 3.04. The van der Waals surface area contributed by atoms with Crippen molar-refractivity contribution in [3.63, 3.8) is 0 Å². The number of rotatable bonds is 3. The fourth-order valence-electron chi connectivity index (χ4n) is 2.01. The molecule has 1 aliphatic heterocycles. The zero-order chi connectivity index (χ0) is 14.8. The summed E-state index contributed by atoms with van der Waals surface area (Å²) in [4.78, 5) is 18.1. The maximum atomic E-state index is 12.3. The standard InChI is InChI=1S/C13H19N3O3S/c1-10(2)14-12-5-3-4-11(15-12)13(17)16-6-8-20(18,19)9-7-16/h3-5,10H,6-9H2,1-2H3,(H,14,15). The van der Waals surface area contributed by atoms with Gasteiger partial charge in [0.05, 0.1) is 11.5 Å². The van der Waals surface area contributed by atoms with Crippen LogP contribution in [0, 0.1) is 0 Å². The summed E-state index contributed by atoms with van der Waals surface area (Å²) in [5.41, 5.74) is 0.343. The van der Waals surface area contributed by atoms with Gasteiger partial charge in [-0.3, -0.25) is 4.79 Å². The van der Waals surface area contributed by atoms with Crippen LogP contribution in [0.4, 0.5) is 5.82 Å². The lowest BCUT2D eigenvalue weighted by Gasteiger charge is -2.26. The molecule has 0 unspecified atom stereocenters. The zero-order valence-electron chi connectivity index (χ0n) is 11.7. The number of pyridine rings is 1.